The van der Waals surface area contributed by atoms with Gasteiger partial charge in [0.25, 0.3) is 0 Å². The van der Waals surface area contributed by atoms with Gasteiger partial charge in [-0.05, 0) is 52.4 Å². The molecular weight excluding hydrogens is 429 g/mol. The van der Waals surface area contributed by atoms with E-state index < -0.39 is 0 Å². The fraction of sp³-hybridized carbons (Fsp3) is 0. The van der Waals surface area contributed by atoms with E-state index in [1.807, 2.05) is 0 Å². The topological polar surface area (TPSA) is 4.93 Å². The predicted molar refractivity (Wildman–Crippen MR) is 119 cm³/mol. The first kappa shape index (κ1) is 15.6. The highest BCUT2D eigenvalue weighted by atomic mass is 127. The van der Waals surface area contributed by atoms with Crippen molar-refractivity contribution in [3.8, 4) is 16.8 Å². The number of rotatable bonds is 2. The lowest BCUT2D eigenvalue weighted by molar-refractivity contribution is 1.18. The highest BCUT2D eigenvalue weighted by molar-refractivity contribution is 14.1. The van der Waals surface area contributed by atoms with E-state index in [9.17, 15) is 0 Å². The highest BCUT2D eigenvalue weighted by Crippen LogP contribution is 2.38. The maximum Gasteiger partial charge on any atom is 0.0619 e. The summed E-state index contributed by atoms with van der Waals surface area (Å²) in [5.41, 5.74) is 6.22. The lowest BCUT2D eigenvalue weighted by Gasteiger charge is -2.11. The van der Waals surface area contributed by atoms with Crippen LogP contribution in [0.2, 0.25) is 0 Å². The predicted octanol–water partition coefficient (Wildman–Crippen LogP) is 7.06. The van der Waals surface area contributed by atoms with E-state index in [0.717, 1.165) is 0 Å². The molecule has 1 aromatic heterocycles. The molecule has 4 aromatic carbocycles. The number of benzene rings is 4. The van der Waals surface area contributed by atoms with Crippen molar-refractivity contribution in [2.24, 2.45) is 0 Å². The number of nitrogens with zero attached hydrogens (tertiary/aromatic N) is 1. The number of fused-ring (bicyclic) bond motifs is 3. The lowest BCUT2D eigenvalue weighted by atomic mass is 10.0. The van der Waals surface area contributed by atoms with Gasteiger partial charge in [-0.2, -0.15) is 0 Å². The molecule has 0 N–H and O–H groups in total. The van der Waals surface area contributed by atoms with Crippen LogP contribution in [0.4, 0.5) is 0 Å². The fourth-order valence-corrected chi connectivity index (χ4v) is 4.21. The van der Waals surface area contributed by atoms with E-state index in [4.69, 9.17) is 0 Å². The third kappa shape index (κ3) is 2.44. The van der Waals surface area contributed by atoms with Gasteiger partial charge in [0.15, 0.2) is 0 Å². The van der Waals surface area contributed by atoms with Gasteiger partial charge in [-0.25, -0.2) is 0 Å². The van der Waals surface area contributed by atoms with Gasteiger partial charge < -0.3 is 4.57 Å². The molecule has 0 unspecified atom stereocenters. The van der Waals surface area contributed by atoms with Crippen LogP contribution in [0.15, 0.2) is 97.1 Å². The van der Waals surface area contributed by atoms with E-state index in [1.165, 1.54) is 42.2 Å². The minimum absolute atomic E-state index is 1.19. The molecule has 124 valence electrons. The van der Waals surface area contributed by atoms with Gasteiger partial charge in [0, 0.05) is 25.6 Å². The molecule has 0 bridgehead atoms. The first-order chi connectivity index (χ1) is 12.8. The average Bonchev–Trinajstić information content (AvgIpc) is 3.02. The minimum atomic E-state index is 1.19. The van der Waals surface area contributed by atoms with Crippen molar-refractivity contribution >= 4 is 44.4 Å². The summed E-state index contributed by atoms with van der Waals surface area (Å²) in [7, 11) is 0. The molecular formula is C24H16IN. The van der Waals surface area contributed by atoms with Crippen LogP contribution in [0.1, 0.15) is 0 Å². The van der Waals surface area contributed by atoms with Gasteiger partial charge in [-0.3, -0.25) is 0 Å². The van der Waals surface area contributed by atoms with Gasteiger partial charge in [0.2, 0.25) is 0 Å². The Bertz CT molecular complexity index is 1220. The van der Waals surface area contributed by atoms with Crippen LogP contribution < -0.4 is 0 Å². The van der Waals surface area contributed by atoms with Crippen LogP contribution >= 0.6 is 22.6 Å². The fourth-order valence-electron chi connectivity index (χ4n) is 3.74. The standard InChI is InChI=1S/C24H16IN/c25-18-14-15-21-22-13-7-12-20(17-8-3-1-4-9-17)24(22)26(23(21)16-18)19-10-5-2-6-11-19/h1-16H. The summed E-state index contributed by atoms with van der Waals surface area (Å²) in [6, 6.07) is 34.6. The third-order valence-electron chi connectivity index (χ3n) is 4.85. The first-order valence-corrected chi connectivity index (χ1v) is 9.74. The Labute approximate surface area is 166 Å². The molecule has 0 atom stereocenters. The van der Waals surface area contributed by atoms with Crippen LogP contribution in [0.25, 0.3) is 38.6 Å². The van der Waals surface area contributed by atoms with Crippen molar-refractivity contribution in [3.63, 3.8) is 0 Å². The number of halogens is 1. The van der Waals surface area contributed by atoms with Crippen molar-refractivity contribution in [1.29, 1.82) is 0 Å². The molecule has 26 heavy (non-hydrogen) atoms. The van der Waals surface area contributed by atoms with E-state index >= 15 is 0 Å². The Morgan fingerprint density at radius 2 is 1.35 bits per heavy atom. The second-order valence-electron chi connectivity index (χ2n) is 6.40. The summed E-state index contributed by atoms with van der Waals surface area (Å²) in [6.07, 6.45) is 0. The number of hydrogen-bond acceptors (Lipinski definition) is 0. The van der Waals surface area contributed by atoms with Crippen LogP contribution in [0, 0.1) is 3.57 Å². The maximum atomic E-state index is 2.40. The second-order valence-corrected chi connectivity index (χ2v) is 7.65. The molecule has 0 fully saturated rings. The molecule has 0 radical (unpaired) electrons. The van der Waals surface area contributed by atoms with Gasteiger partial charge in [-0.1, -0.05) is 72.8 Å². The van der Waals surface area contributed by atoms with Crippen LogP contribution in [-0.2, 0) is 0 Å². The Kier molecular flexibility index (Phi) is 3.79. The molecule has 2 heteroatoms. The van der Waals surface area contributed by atoms with Crippen LogP contribution in [0.5, 0.6) is 0 Å². The number of hydrogen-bond donors (Lipinski definition) is 0. The minimum Gasteiger partial charge on any atom is -0.309 e. The summed E-state index contributed by atoms with van der Waals surface area (Å²) >= 11 is 2.40. The van der Waals surface area contributed by atoms with Gasteiger partial charge in [-0.15, -0.1) is 0 Å². The smallest absolute Gasteiger partial charge is 0.0619 e. The zero-order chi connectivity index (χ0) is 17.5. The van der Waals surface area contributed by atoms with Gasteiger partial charge >= 0.3 is 0 Å². The van der Waals surface area contributed by atoms with E-state index in [1.54, 1.807) is 0 Å². The monoisotopic (exact) mass is 445 g/mol. The summed E-state index contributed by atoms with van der Waals surface area (Å²) in [4.78, 5) is 0. The normalized spacial score (nSPS) is 11.3. The molecule has 1 heterocycles. The Morgan fingerprint density at radius 3 is 2.12 bits per heavy atom. The lowest BCUT2D eigenvalue weighted by Crippen LogP contribution is -1.95. The number of aromatic nitrogens is 1. The molecule has 0 aliphatic carbocycles. The summed E-state index contributed by atoms with van der Waals surface area (Å²) in [5.74, 6) is 0. The van der Waals surface area contributed by atoms with E-state index in [2.05, 4.69) is 124 Å². The second kappa shape index (κ2) is 6.29. The molecule has 0 spiro atoms. The molecule has 0 saturated heterocycles. The van der Waals surface area contributed by atoms with Crippen molar-refractivity contribution in [2.45, 2.75) is 0 Å². The first-order valence-electron chi connectivity index (χ1n) is 8.66. The molecule has 0 aliphatic rings. The zero-order valence-electron chi connectivity index (χ0n) is 14.1. The quantitative estimate of drug-likeness (QED) is 0.257. The maximum absolute atomic E-state index is 2.40. The van der Waals surface area contributed by atoms with Gasteiger partial charge in [0.05, 0.1) is 11.0 Å². The van der Waals surface area contributed by atoms with Crippen molar-refractivity contribution in [2.75, 3.05) is 0 Å². The molecule has 5 aromatic rings. The zero-order valence-corrected chi connectivity index (χ0v) is 16.2. The van der Waals surface area contributed by atoms with Crippen molar-refractivity contribution < 1.29 is 0 Å². The Hall–Kier alpha value is -2.59. The van der Waals surface area contributed by atoms with E-state index in [-0.39, 0.29) is 0 Å². The SMILES string of the molecule is Ic1ccc2c3cccc(-c4ccccc4)c3n(-c3ccccc3)c2c1. The summed E-state index contributed by atoms with van der Waals surface area (Å²) < 4.78 is 3.64. The van der Waals surface area contributed by atoms with Crippen LogP contribution in [-0.4, -0.2) is 4.57 Å². The van der Waals surface area contributed by atoms with E-state index in [0.29, 0.717) is 0 Å². The highest BCUT2D eigenvalue weighted by Gasteiger charge is 2.16. The third-order valence-corrected chi connectivity index (χ3v) is 5.52. The molecule has 1 nitrogen and oxygen atoms in total. The Balaban J connectivity index is 2.00. The van der Waals surface area contributed by atoms with Crippen LogP contribution in [0.3, 0.4) is 0 Å². The molecule has 0 aliphatic heterocycles. The molecule has 0 amide bonds. The molecule has 0 saturated carbocycles. The largest absolute Gasteiger partial charge is 0.309 e. The summed E-state index contributed by atoms with van der Waals surface area (Å²) in [6.45, 7) is 0. The van der Waals surface area contributed by atoms with Crippen molar-refractivity contribution in [3.05, 3.63) is 101 Å². The Morgan fingerprint density at radius 1 is 0.615 bits per heavy atom. The summed E-state index contributed by atoms with van der Waals surface area (Å²) in [5, 5.41) is 2.59. The number of para-hydroxylation sites is 2. The van der Waals surface area contributed by atoms with Crippen molar-refractivity contribution in [1.82, 2.24) is 4.57 Å². The molecule has 5 rings (SSSR count). The van der Waals surface area contributed by atoms with Gasteiger partial charge in [0.1, 0.15) is 0 Å². The average molecular weight is 445 g/mol.